The molecule has 4 heteroatoms. The number of hydrogen-bond donors (Lipinski definition) is 1. The lowest BCUT2D eigenvalue weighted by atomic mass is 9.87. The van der Waals surface area contributed by atoms with Crippen molar-refractivity contribution in [2.45, 2.75) is 78.6 Å². The van der Waals surface area contributed by atoms with E-state index in [4.69, 9.17) is 10.5 Å². The highest BCUT2D eigenvalue weighted by molar-refractivity contribution is 6.01. The molecule has 2 aliphatic carbocycles. The van der Waals surface area contributed by atoms with Crippen LogP contribution < -0.4 is 10.5 Å². The number of nitrogens with two attached hydrogens (primary N) is 1. The minimum Gasteiger partial charge on any atom is -0.496 e. The first-order valence-corrected chi connectivity index (χ1v) is 14.5. The van der Waals surface area contributed by atoms with E-state index in [1.54, 1.807) is 7.11 Å². The van der Waals surface area contributed by atoms with Crippen molar-refractivity contribution < 1.29 is 13.5 Å². The summed E-state index contributed by atoms with van der Waals surface area (Å²) in [4.78, 5) is 0. The number of rotatable bonds is 5. The summed E-state index contributed by atoms with van der Waals surface area (Å²) < 4.78 is 30.3. The Labute approximate surface area is 234 Å². The molecule has 3 aromatic carbocycles. The van der Waals surface area contributed by atoms with Gasteiger partial charge in [0.25, 0.3) is 0 Å². The number of benzene rings is 3. The third kappa shape index (κ3) is 8.68. The summed E-state index contributed by atoms with van der Waals surface area (Å²) in [5.74, 6) is 1.32. The van der Waals surface area contributed by atoms with E-state index in [1.807, 2.05) is 19.1 Å². The highest BCUT2D eigenvalue weighted by atomic mass is 19.1. The molecular formula is C35H45F2NO. The molecule has 1 saturated carbocycles. The van der Waals surface area contributed by atoms with Gasteiger partial charge >= 0.3 is 0 Å². The molecule has 39 heavy (non-hydrogen) atoms. The van der Waals surface area contributed by atoms with Crippen LogP contribution in [0.1, 0.15) is 93.0 Å². The molecule has 0 heterocycles. The van der Waals surface area contributed by atoms with E-state index in [2.05, 4.69) is 50.2 Å². The molecule has 0 aliphatic heterocycles. The Morgan fingerprint density at radius 1 is 0.897 bits per heavy atom. The first-order valence-electron chi connectivity index (χ1n) is 14.5. The van der Waals surface area contributed by atoms with Gasteiger partial charge < -0.3 is 10.5 Å². The number of aryl methyl sites for hydroxylation is 2. The zero-order chi connectivity index (χ0) is 28.2. The van der Waals surface area contributed by atoms with Crippen molar-refractivity contribution in [1.82, 2.24) is 0 Å². The summed E-state index contributed by atoms with van der Waals surface area (Å²) >= 11 is 0. The highest BCUT2D eigenvalue weighted by Gasteiger charge is 2.22. The molecule has 5 rings (SSSR count). The zero-order valence-corrected chi connectivity index (χ0v) is 24.2. The Hall–Kier alpha value is -3.14. The molecule has 2 N–H and O–H groups in total. The van der Waals surface area contributed by atoms with Crippen molar-refractivity contribution in [2.75, 3.05) is 19.5 Å². The smallest absolute Gasteiger partial charge is 0.129 e. The van der Waals surface area contributed by atoms with Gasteiger partial charge in [0.2, 0.25) is 0 Å². The largest absolute Gasteiger partial charge is 0.496 e. The molecule has 0 unspecified atom stereocenters. The molecule has 0 bridgehead atoms. The summed E-state index contributed by atoms with van der Waals surface area (Å²) in [6.07, 6.45) is 10.5. The predicted molar refractivity (Wildman–Crippen MR) is 162 cm³/mol. The van der Waals surface area contributed by atoms with Crippen molar-refractivity contribution in [3.8, 4) is 5.75 Å². The number of unbranched alkanes of at least 4 members (excludes halogenated alkanes) is 1. The second-order valence-electron chi connectivity index (χ2n) is 10.8. The number of ether oxygens (including phenoxy) is 1. The lowest BCUT2D eigenvalue weighted by Gasteiger charge is -2.18. The number of halogens is 2. The standard InChI is InChI=1S/C25H24FNO.C6H12.C4H9F/c1-16-6-8-17(9-7-16)25-21-13-11-20(27)14-18(21)4-3-5-23(25)22-12-10-19(26)15-24(22)28-2;1-6-4-2-3-5-6;1-2-3-4-5/h6-15H,3-5,27H2,1-2H3;6H,2-5H2,1H3;2-4H2,1H3. The summed E-state index contributed by atoms with van der Waals surface area (Å²) in [6, 6.07) is 19.5. The van der Waals surface area contributed by atoms with E-state index in [-0.39, 0.29) is 12.5 Å². The molecular weight excluding hydrogens is 488 g/mol. The van der Waals surface area contributed by atoms with E-state index in [0.717, 1.165) is 54.8 Å². The fraction of sp³-hybridized carbons (Fsp3) is 0.429. The van der Waals surface area contributed by atoms with Crippen molar-refractivity contribution in [3.63, 3.8) is 0 Å². The van der Waals surface area contributed by atoms with Gasteiger partial charge in [0.15, 0.2) is 0 Å². The number of methoxy groups -OCH3 is 1. The molecule has 0 radical (unpaired) electrons. The molecule has 0 aromatic heterocycles. The first-order chi connectivity index (χ1) is 18.9. The number of allylic oxidation sites excluding steroid dienone is 1. The molecule has 3 aromatic rings. The van der Waals surface area contributed by atoms with Crippen LogP contribution >= 0.6 is 0 Å². The average Bonchev–Trinajstić information content (AvgIpc) is 3.34. The van der Waals surface area contributed by atoms with Gasteiger partial charge in [0, 0.05) is 17.3 Å². The maximum Gasteiger partial charge on any atom is 0.129 e. The zero-order valence-electron chi connectivity index (χ0n) is 24.2. The minimum absolute atomic E-state index is 0.156. The molecule has 0 spiro atoms. The third-order valence-electron chi connectivity index (χ3n) is 7.53. The number of anilines is 1. The molecule has 210 valence electrons. The normalized spacial score (nSPS) is 14.9. The van der Waals surface area contributed by atoms with Crippen LogP contribution in [0.4, 0.5) is 14.5 Å². The van der Waals surface area contributed by atoms with Gasteiger partial charge in [-0.2, -0.15) is 0 Å². The lowest BCUT2D eigenvalue weighted by Crippen LogP contribution is -1.99. The predicted octanol–water partition coefficient (Wildman–Crippen LogP) is 9.97. The summed E-state index contributed by atoms with van der Waals surface area (Å²) in [6.45, 7) is 6.24. The van der Waals surface area contributed by atoms with Crippen LogP contribution in [-0.4, -0.2) is 13.8 Å². The van der Waals surface area contributed by atoms with Crippen LogP contribution in [0.3, 0.4) is 0 Å². The minimum atomic E-state index is -0.292. The van der Waals surface area contributed by atoms with Gasteiger partial charge in [-0.25, -0.2) is 4.39 Å². The Morgan fingerprint density at radius 2 is 1.59 bits per heavy atom. The summed E-state index contributed by atoms with van der Waals surface area (Å²) in [7, 11) is 1.59. The van der Waals surface area contributed by atoms with E-state index < -0.39 is 0 Å². The Bertz CT molecular complexity index is 1210. The van der Waals surface area contributed by atoms with E-state index in [1.165, 1.54) is 65.7 Å². The Balaban J connectivity index is 0.000000320. The quantitative estimate of drug-likeness (QED) is 0.331. The van der Waals surface area contributed by atoms with Gasteiger partial charge in [-0.3, -0.25) is 4.39 Å². The van der Waals surface area contributed by atoms with Crippen molar-refractivity contribution >= 4 is 16.8 Å². The summed E-state index contributed by atoms with van der Waals surface area (Å²) in [5.41, 5.74) is 15.0. The highest BCUT2D eigenvalue weighted by Crippen LogP contribution is 2.42. The fourth-order valence-corrected chi connectivity index (χ4v) is 5.30. The second kappa shape index (κ2) is 15.5. The van der Waals surface area contributed by atoms with Crippen LogP contribution in [0.5, 0.6) is 5.75 Å². The van der Waals surface area contributed by atoms with E-state index >= 15 is 0 Å². The van der Waals surface area contributed by atoms with Crippen LogP contribution in [0.25, 0.3) is 11.1 Å². The number of alkyl halides is 1. The van der Waals surface area contributed by atoms with Crippen molar-refractivity contribution in [1.29, 1.82) is 0 Å². The van der Waals surface area contributed by atoms with Crippen molar-refractivity contribution in [3.05, 3.63) is 94.3 Å². The average molecular weight is 534 g/mol. The van der Waals surface area contributed by atoms with Crippen molar-refractivity contribution in [2.24, 2.45) is 5.92 Å². The van der Waals surface area contributed by atoms with Gasteiger partial charge in [-0.05, 0) is 90.6 Å². The molecule has 2 nitrogen and oxygen atoms in total. The topological polar surface area (TPSA) is 35.2 Å². The first kappa shape index (κ1) is 30.4. The monoisotopic (exact) mass is 533 g/mol. The Kier molecular flexibility index (Phi) is 12.0. The number of nitrogen functional groups attached to an aromatic ring is 1. The molecule has 1 fully saturated rings. The lowest BCUT2D eigenvalue weighted by molar-refractivity contribution is 0.410. The van der Waals surface area contributed by atoms with Crippen LogP contribution in [0.15, 0.2) is 60.7 Å². The molecule has 0 amide bonds. The van der Waals surface area contributed by atoms with Gasteiger partial charge in [-0.15, -0.1) is 0 Å². The SMILES string of the molecule is CC1CCCC1.CCCCF.COc1cc(F)ccc1C1=C(c2ccc(C)cc2)c2ccc(N)cc2CCC1. The van der Waals surface area contributed by atoms with Crippen LogP contribution in [-0.2, 0) is 6.42 Å². The fourth-order valence-electron chi connectivity index (χ4n) is 5.30. The number of hydrogen-bond acceptors (Lipinski definition) is 2. The van der Waals surface area contributed by atoms with Gasteiger partial charge in [0.05, 0.1) is 13.8 Å². The third-order valence-corrected chi connectivity index (χ3v) is 7.53. The van der Waals surface area contributed by atoms with E-state index in [0.29, 0.717) is 5.75 Å². The maximum absolute atomic E-state index is 13.8. The van der Waals surface area contributed by atoms with Crippen LogP contribution in [0.2, 0.25) is 0 Å². The number of fused-ring (bicyclic) bond motifs is 1. The molecule has 2 aliphatic rings. The van der Waals surface area contributed by atoms with Gasteiger partial charge in [-0.1, -0.05) is 81.8 Å². The summed E-state index contributed by atoms with van der Waals surface area (Å²) in [5, 5.41) is 0. The second-order valence-corrected chi connectivity index (χ2v) is 10.8. The van der Waals surface area contributed by atoms with Crippen LogP contribution in [0, 0.1) is 18.7 Å². The van der Waals surface area contributed by atoms with E-state index in [9.17, 15) is 8.78 Å². The van der Waals surface area contributed by atoms with Gasteiger partial charge in [0.1, 0.15) is 11.6 Å². The Morgan fingerprint density at radius 3 is 2.15 bits per heavy atom. The molecule has 0 atom stereocenters. The maximum atomic E-state index is 13.8. The molecule has 0 saturated heterocycles.